The second kappa shape index (κ2) is 6.35. The molecule has 1 aromatic rings. The van der Waals surface area contributed by atoms with Crippen LogP contribution >= 0.6 is 0 Å². The van der Waals surface area contributed by atoms with Crippen LogP contribution in [0.1, 0.15) is 25.0 Å². The zero-order valence-electron chi connectivity index (χ0n) is 9.86. The van der Waals surface area contributed by atoms with E-state index in [-0.39, 0.29) is 0 Å². The van der Waals surface area contributed by atoms with Crippen molar-refractivity contribution in [1.29, 1.82) is 0 Å². The van der Waals surface area contributed by atoms with Gasteiger partial charge in [-0.05, 0) is 30.7 Å². The van der Waals surface area contributed by atoms with Gasteiger partial charge in [0.15, 0.2) is 0 Å². The van der Waals surface area contributed by atoms with Crippen LogP contribution in [0, 0.1) is 0 Å². The number of ether oxygens (including phenoxy) is 1. The summed E-state index contributed by atoms with van der Waals surface area (Å²) < 4.78 is 5.06. The Kier molecular flexibility index (Phi) is 5.08. The van der Waals surface area contributed by atoms with E-state index < -0.39 is 6.10 Å². The number of methoxy groups -OCH3 is 1. The van der Waals surface area contributed by atoms with E-state index in [9.17, 15) is 5.11 Å². The van der Waals surface area contributed by atoms with Crippen LogP contribution in [-0.4, -0.2) is 25.3 Å². The highest BCUT2D eigenvalue weighted by molar-refractivity contribution is 5.54. The smallest absolute Gasteiger partial charge is 0.141 e. The van der Waals surface area contributed by atoms with E-state index in [1.165, 1.54) is 0 Å². The van der Waals surface area contributed by atoms with Crippen molar-refractivity contribution < 1.29 is 9.84 Å². The van der Waals surface area contributed by atoms with Gasteiger partial charge in [0, 0.05) is 6.54 Å². The van der Waals surface area contributed by atoms with Crippen molar-refractivity contribution in [2.24, 2.45) is 0 Å². The van der Waals surface area contributed by atoms with Crippen LogP contribution < -0.4 is 15.8 Å². The fourth-order valence-electron chi connectivity index (χ4n) is 1.49. The molecule has 4 nitrogen and oxygen atoms in total. The molecule has 1 aromatic carbocycles. The van der Waals surface area contributed by atoms with Crippen LogP contribution in [0.4, 0.5) is 5.69 Å². The Morgan fingerprint density at radius 2 is 2.25 bits per heavy atom. The van der Waals surface area contributed by atoms with Gasteiger partial charge in [0.2, 0.25) is 0 Å². The van der Waals surface area contributed by atoms with E-state index in [2.05, 4.69) is 12.2 Å². The minimum atomic E-state index is -0.528. The SMILES string of the molecule is CCCNCC(O)c1ccc(OC)c(N)c1. The van der Waals surface area contributed by atoms with E-state index in [1.807, 2.05) is 6.07 Å². The normalized spacial score (nSPS) is 12.4. The number of aliphatic hydroxyl groups excluding tert-OH is 1. The molecule has 0 spiro atoms. The summed E-state index contributed by atoms with van der Waals surface area (Å²) in [5.41, 5.74) is 7.13. The van der Waals surface area contributed by atoms with Crippen molar-refractivity contribution in [1.82, 2.24) is 5.32 Å². The number of hydrogen-bond acceptors (Lipinski definition) is 4. The minimum Gasteiger partial charge on any atom is -0.495 e. The molecule has 0 aliphatic rings. The maximum atomic E-state index is 9.88. The largest absolute Gasteiger partial charge is 0.495 e. The van der Waals surface area contributed by atoms with Crippen molar-refractivity contribution in [2.75, 3.05) is 25.9 Å². The van der Waals surface area contributed by atoms with E-state index in [0.717, 1.165) is 18.5 Å². The maximum absolute atomic E-state index is 9.88. The van der Waals surface area contributed by atoms with Crippen molar-refractivity contribution >= 4 is 5.69 Å². The quantitative estimate of drug-likeness (QED) is 0.503. The predicted molar refractivity (Wildman–Crippen MR) is 65.5 cm³/mol. The molecule has 0 amide bonds. The minimum absolute atomic E-state index is 0.528. The van der Waals surface area contributed by atoms with Crippen molar-refractivity contribution in [3.05, 3.63) is 23.8 Å². The van der Waals surface area contributed by atoms with Gasteiger partial charge in [-0.1, -0.05) is 13.0 Å². The van der Waals surface area contributed by atoms with Crippen molar-refractivity contribution in [2.45, 2.75) is 19.4 Å². The van der Waals surface area contributed by atoms with E-state index in [4.69, 9.17) is 10.5 Å². The molecule has 0 bridgehead atoms. The maximum Gasteiger partial charge on any atom is 0.141 e. The molecule has 0 aliphatic carbocycles. The summed E-state index contributed by atoms with van der Waals surface area (Å²) in [6.45, 7) is 3.53. The number of nitrogens with one attached hydrogen (secondary N) is 1. The Balaban J connectivity index is 2.62. The summed E-state index contributed by atoms with van der Waals surface area (Å²) >= 11 is 0. The highest BCUT2D eigenvalue weighted by atomic mass is 16.5. The van der Waals surface area contributed by atoms with Crippen LogP contribution in [-0.2, 0) is 0 Å². The fourth-order valence-corrected chi connectivity index (χ4v) is 1.49. The third kappa shape index (κ3) is 3.40. The first-order valence-corrected chi connectivity index (χ1v) is 5.51. The van der Waals surface area contributed by atoms with Gasteiger partial charge in [-0.2, -0.15) is 0 Å². The number of nitrogens with two attached hydrogens (primary N) is 1. The van der Waals surface area contributed by atoms with Crippen molar-refractivity contribution in [3.63, 3.8) is 0 Å². The molecule has 0 radical (unpaired) electrons. The van der Waals surface area contributed by atoms with Gasteiger partial charge >= 0.3 is 0 Å². The molecule has 90 valence electrons. The summed E-state index contributed by atoms with van der Waals surface area (Å²) in [6, 6.07) is 5.35. The fraction of sp³-hybridized carbons (Fsp3) is 0.500. The van der Waals surface area contributed by atoms with Crippen LogP contribution in [0.15, 0.2) is 18.2 Å². The molecule has 0 saturated heterocycles. The summed E-state index contributed by atoms with van der Waals surface area (Å²) in [5, 5.41) is 13.0. The molecule has 0 heterocycles. The highest BCUT2D eigenvalue weighted by Crippen LogP contribution is 2.24. The lowest BCUT2D eigenvalue weighted by atomic mass is 10.1. The average molecular weight is 224 g/mol. The number of aliphatic hydroxyl groups is 1. The number of anilines is 1. The molecule has 1 unspecified atom stereocenters. The molecule has 16 heavy (non-hydrogen) atoms. The number of nitrogen functional groups attached to an aromatic ring is 1. The van der Waals surface area contributed by atoms with Gasteiger partial charge in [-0.3, -0.25) is 0 Å². The molecule has 0 aromatic heterocycles. The lowest BCUT2D eigenvalue weighted by Crippen LogP contribution is -2.22. The molecule has 4 N–H and O–H groups in total. The molecular weight excluding hydrogens is 204 g/mol. The first-order valence-electron chi connectivity index (χ1n) is 5.51. The lowest BCUT2D eigenvalue weighted by Gasteiger charge is -2.13. The molecule has 0 saturated carbocycles. The number of rotatable bonds is 6. The Morgan fingerprint density at radius 1 is 1.50 bits per heavy atom. The highest BCUT2D eigenvalue weighted by Gasteiger charge is 2.09. The zero-order chi connectivity index (χ0) is 12.0. The molecule has 1 rings (SSSR count). The summed E-state index contributed by atoms with van der Waals surface area (Å²) in [6.07, 6.45) is 0.525. The Labute approximate surface area is 96.4 Å². The lowest BCUT2D eigenvalue weighted by molar-refractivity contribution is 0.175. The molecular formula is C12H20N2O2. The van der Waals surface area contributed by atoms with E-state index in [1.54, 1.807) is 19.2 Å². The Hall–Kier alpha value is -1.26. The molecule has 0 aliphatic heterocycles. The zero-order valence-corrected chi connectivity index (χ0v) is 9.86. The molecule has 1 atom stereocenters. The third-order valence-electron chi connectivity index (χ3n) is 2.40. The van der Waals surface area contributed by atoms with Gasteiger partial charge in [0.05, 0.1) is 18.9 Å². The molecule has 4 heteroatoms. The first-order chi connectivity index (χ1) is 7.69. The van der Waals surface area contributed by atoms with Gasteiger partial charge in [-0.25, -0.2) is 0 Å². The summed E-state index contributed by atoms with van der Waals surface area (Å²) in [5.74, 6) is 0.637. The van der Waals surface area contributed by atoms with Gasteiger partial charge in [0.1, 0.15) is 5.75 Å². The van der Waals surface area contributed by atoms with Gasteiger partial charge in [0.25, 0.3) is 0 Å². The van der Waals surface area contributed by atoms with Gasteiger partial charge in [-0.15, -0.1) is 0 Å². The van der Waals surface area contributed by atoms with Crippen LogP contribution in [0.2, 0.25) is 0 Å². The molecule has 0 fully saturated rings. The summed E-state index contributed by atoms with van der Waals surface area (Å²) in [4.78, 5) is 0. The second-order valence-electron chi connectivity index (χ2n) is 3.72. The van der Waals surface area contributed by atoms with Crippen LogP contribution in [0.5, 0.6) is 5.75 Å². The first kappa shape index (κ1) is 12.8. The van der Waals surface area contributed by atoms with E-state index >= 15 is 0 Å². The topological polar surface area (TPSA) is 67.5 Å². The Morgan fingerprint density at radius 3 is 2.81 bits per heavy atom. The monoisotopic (exact) mass is 224 g/mol. The Bertz CT molecular complexity index is 329. The summed E-state index contributed by atoms with van der Waals surface area (Å²) in [7, 11) is 1.57. The standard InChI is InChI=1S/C12H20N2O2/c1-3-6-14-8-11(15)9-4-5-12(16-2)10(13)7-9/h4-5,7,11,14-15H,3,6,8,13H2,1-2H3. The number of benzene rings is 1. The number of hydrogen-bond donors (Lipinski definition) is 3. The van der Waals surface area contributed by atoms with Crippen molar-refractivity contribution in [3.8, 4) is 5.75 Å². The van der Waals surface area contributed by atoms with Crippen LogP contribution in [0.25, 0.3) is 0 Å². The van der Waals surface area contributed by atoms with E-state index in [0.29, 0.717) is 18.0 Å². The van der Waals surface area contributed by atoms with Gasteiger partial charge < -0.3 is 20.9 Å². The third-order valence-corrected chi connectivity index (χ3v) is 2.40. The second-order valence-corrected chi connectivity index (χ2v) is 3.72. The van der Waals surface area contributed by atoms with Crippen LogP contribution in [0.3, 0.4) is 0 Å². The predicted octanol–water partition coefficient (Wildman–Crippen LogP) is 1.31. The average Bonchev–Trinajstić information content (AvgIpc) is 2.29.